The Bertz CT molecular complexity index is 336. The van der Waals surface area contributed by atoms with Crippen LogP contribution >= 0.6 is 11.3 Å². The lowest BCUT2D eigenvalue weighted by Gasteiger charge is -2.00. The van der Waals surface area contributed by atoms with Gasteiger partial charge in [-0.25, -0.2) is 4.79 Å². The second-order valence-electron chi connectivity index (χ2n) is 2.10. The Balaban J connectivity index is 2.30. The van der Waals surface area contributed by atoms with Crippen LogP contribution in [-0.4, -0.2) is 28.7 Å². The fraction of sp³-hybridized carbons (Fsp3) is 0.143. The summed E-state index contributed by atoms with van der Waals surface area (Å²) in [6, 6.07) is 0. The molecule has 1 rings (SSSR count). The van der Waals surface area contributed by atoms with E-state index in [9.17, 15) is 9.59 Å². The average Bonchev–Trinajstić information content (AvgIpc) is 2.66. The van der Waals surface area contributed by atoms with Gasteiger partial charge in [0.25, 0.3) is 5.91 Å². The van der Waals surface area contributed by atoms with Crippen LogP contribution in [0.15, 0.2) is 18.2 Å². The van der Waals surface area contributed by atoms with E-state index in [1.54, 1.807) is 0 Å². The monoisotopic (exact) mass is 213 g/mol. The van der Waals surface area contributed by atoms with Crippen LogP contribution in [0.25, 0.3) is 0 Å². The topological polar surface area (TPSA) is 81.2 Å². The van der Waals surface area contributed by atoms with Crippen LogP contribution < -0.4 is 5.32 Å². The highest BCUT2D eigenvalue weighted by Crippen LogP contribution is 2.07. The molecule has 0 radical (unpaired) electrons. The SMILES string of the molecule is C=CC(=O)OCC(=O)Nc1nncs1. The molecule has 7 heteroatoms. The van der Waals surface area contributed by atoms with Gasteiger partial charge in [-0.2, -0.15) is 0 Å². The molecular weight excluding hydrogens is 206 g/mol. The van der Waals surface area contributed by atoms with Crippen molar-refractivity contribution in [3.05, 3.63) is 18.2 Å². The summed E-state index contributed by atoms with van der Waals surface area (Å²) in [7, 11) is 0. The van der Waals surface area contributed by atoms with Gasteiger partial charge in [-0.3, -0.25) is 10.1 Å². The van der Waals surface area contributed by atoms with Crippen molar-refractivity contribution in [2.75, 3.05) is 11.9 Å². The largest absolute Gasteiger partial charge is 0.452 e. The van der Waals surface area contributed by atoms with Crippen molar-refractivity contribution in [1.29, 1.82) is 0 Å². The van der Waals surface area contributed by atoms with Gasteiger partial charge in [-0.1, -0.05) is 17.9 Å². The highest BCUT2D eigenvalue weighted by atomic mass is 32.1. The van der Waals surface area contributed by atoms with E-state index < -0.39 is 11.9 Å². The maximum absolute atomic E-state index is 11.0. The third kappa shape index (κ3) is 3.31. The Morgan fingerprint density at radius 1 is 1.71 bits per heavy atom. The minimum atomic E-state index is -0.641. The molecular formula is C7H7N3O3S. The predicted octanol–water partition coefficient (Wildman–Crippen LogP) is 0.206. The number of hydrogen-bond acceptors (Lipinski definition) is 6. The number of aromatic nitrogens is 2. The van der Waals surface area contributed by atoms with Crippen molar-refractivity contribution < 1.29 is 14.3 Å². The molecule has 1 amide bonds. The van der Waals surface area contributed by atoms with Crippen molar-refractivity contribution in [2.24, 2.45) is 0 Å². The van der Waals surface area contributed by atoms with Crippen molar-refractivity contribution >= 4 is 28.3 Å². The number of rotatable bonds is 4. The number of ether oxygens (including phenoxy) is 1. The van der Waals surface area contributed by atoms with Crippen LogP contribution in [0.5, 0.6) is 0 Å². The quantitative estimate of drug-likeness (QED) is 0.571. The maximum atomic E-state index is 11.0. The molecule has 0 aliphatic rings. The average molecular weight is 213 g/mol. The number of carbonyl (C=O) groups is 2. The van der Waals surface area contributed by atoms with Crippen molar-refractivity contribution in [2.45, 2.75) is 0 Å². The lowest BCUT2D eigenvalue weighted by atomic mass is 10.6. The van der Waals surface area contributed by atoms with Crippen LogP contribution in [0.3, 0.4) is 0 Å². The third-order valence-corrected chi connectivity index (χ3v) is 1.73. The predicted molar refractivity (Wildman–Crippen MR) is 49.7 cm³/mol. The molecule has 0 unspecified atom stereocenters. The van der Waals surface area contributed by atoms with Crippen LogP contribution in [-0.2, 0) is 14.3 Å². The van der Waals surface area contributed by atoms with E-state index in [1.807, 2.05) is 0 Å². The number of nitrogens with zero attached hydrogens (tertiary/aromatic N) is 2. The molecule has 0 fully saturated rings. The Morgan fingerprint density at radius 3 is 3.07 bits per heavy atom. The summed E-state index contributed by atoms with van der Waals surface area (Å²) >= 11 is 1.18. The minimum absolute atomic E-state index is 0.357. The molecule has 6 nitrogen and oxygen atoms in total. The first-order valence-corrected chi connectivity index (χ1v) is 4.45. The number of anilines is 1. The zero-order valence-corrected chi connectivity index (χ0v) is 7.91. The summed E-state index contributed by atoms with van der Waals surface area (Å²) < 4.78 is 4.49. The lowest BCUT2D eigenvalue weighted by molar-refractivity contribution is -0.142. The first kappa shape index (κ1) is 10.3. The van der Waals surface area contributed by atoms with Crippen LogP contribution in [0, 0.1) is 0 Å². The molecule has 0 saturated carbocycles. The molecule has 0 aromatic carbocycles. The summed E-state index contributed by atoms with van der Waals surface area (Å²) in [5.74, 6) is -1.10. The molecule has 0 saturated heterocycles. The summed E-state index contributed by atoms with van der Waals surface area (Å²) in [5, 5.41) is 9.86. The smallest absolute Gasteiger partial charge is 0.330 e. The Hall–Kier alpha value is -1.76. The molecule has 1 aromatic heterocycles. The van der Waals surface area contributed by atoms with E-state index in [-0.39, 0.29) is 6.61 Å². The van der Waals surface area contributed by atoms with Gasteiger partial charge in [-0.05, 0) is 0 Å². The van der Waals surface area contributed by atoms with E-state index >= 15 is 0 Å². The first-order chi connectivity index (χ1) is 6.72. The summed E-state index contributed by atoms with van der Waals surface area (Å²) in [6.45, 7) is 2.83. The molecule has 0 aliphatic carbocycles. The number of nitrogens with one attached hydrogen (secondary N) is 1. The van der Waals surface area contributed by atoms with Crippen LogP contribution in [0.1, 0.15) is 0 Å². The standard InChI is InChI=1S/C7H7N3O3S/c1-2-6(12)13-3-5(11)9-7-10-8-4-14-7/h2,4H,1,3H2,(H,9,10,11). The molecule has 0 bridgehead atoms. The number of hydrogen-bond donors (Lipinski definition) is 1. The van der Waals surface area contributed by atoms with Crippen molar-refractivity contribution in [3.63, 3.8) is 0 Å². The van der Waals surface area contributed by atoms with E-state index in [2.05, 4.69) is 26.8 Å². The lowest BCUT2D eigenvalue weighted by Crippen LogP contribution is -2.19. The second-order valence-corrected chi connectivity index (χ2v) is 2.94. The number of carbonyl (C=O) groups excluding carboxylic acids is 2. The summed E-state index contributed by atoms with van der Waals surface area (Å²) in [5.41, 5.74) is 1.48. The van der Waals surface area contributed by atoms with Gasteiger partial charge < -0.3 is 4.74 Å². The summed E-state index contributed by atoms with van der Waals surface area (Å²) in [4.78, 5) is 21.6. The van der Waals surface area contributed by atoms with Crippen molar-refractivity contribution in [3.8, 4) is 0 Å². The van der Waals surface area contributed by atoms with Crippen LogP contribution in [0.4, 0.5) is 5.13 Å². The Morgan fingerprint density at radius 2 is 2.50 bits per heavy atom. The van der Waals surface area contributed by atoms with E-state index in [1.165, 1.54) is 16.8 Å². The highest BCUT2D eigenvalue weighted by molar-refractivity contribution is 7.13. The van der Waals surface area contributed by atoms with Crippen molar-refractivity contribution in [1.82, 2.24) is 10.2 Å². The molecule has 1 N–H and O–H groups in total. The first-order valence-electron chi connectivity index (χ1n) is 3.57. The maximum Gasteiger partial charge on any atom is 0.330 e. The van der Waals surface area contributed by atoms with Gasteiger partial charge in [0.15, 0.2) is 6.61 Å². The summed E-state index contributed by atoms with van der Waals surface area (Å²) in [6.07, 6.45) is 0.984. The third-order valence-electron chi connectivity index (χ3n) is 1.12. The Kier molecular flexibility index (Phi) is 3.74. The number of esters is 1. The normalized spacial score (nSPS) is 9.14. The molecule has 1 aromatic rings. The molecule has 0 spiro atoms. The molecule has 14 heavy (non-hydrogen) atoms. The second kappa shape index (κ2) is 5.07. The van der Waals surface area contributed by atoms with Gasteiger partial charge in [0.1, 0.15) is 5.51 Å². The van der Waals surface area contributed by atoms with Gasteiger partial charge in [0.2, 0.25) is 5.13 Å². The highest BCUT2D eigenvalue weighted by Gasteiger charge is 2.06. The molecule has 0 aliphatic heterocycles. The fourth-order valence-electron chi connectivity index (χ4n) is 0.578. The molecule has 1 heterocycles. The zero-order valence-electron chi connectivity index (χ0n) is 7.10. The zero-order chi connectivity index (χ0) is 10.4. The van der Waals surface area contributed by atoms with Gasteiger partial charge >= 0.3 is 5.97 Å². The molecule has 0 atom stereocenters. The minimum Gasteiger partial charge on any atom is -0.452 e. The number of amides is 1. The van der Waals surface area contributed by atoms with Gasteiger partial charge in [-0.15, -0.1) is 10.2 Å². The van der Waals surface area contributed by atoms with Crippen LogP contribution in [0.2, 0.25) is 0 Å². The van der Waals surface area contributed by atoms with E-state index in [0.29, 0.717) is 5.13 Å². The van der Waals surface area contributed by atoms with E-state index in [4.69, 9.17) is 0 Å². The Labute approximate surface area is 83.6 Å². The van der Waals surface area contributed by atoms with Gasteiger partial charge in [0.05, 0.1) is 0 Å². The van der Waals surface area contributed by atoms with E-state index in [0.717, 1.165) is 6.08 Å². The fourth-order valence-corrected chi connectivity index (χ4v) is 1.04. The molecule has 74 valence electrons. The van der Waals surface area contributed by atoms with Gasteiger partial charge in [0, 0.05) is 6.08 Å².